The molecule has 14 heteroatoms. The van der Waals surface area contributed by atoms with E-state index in [1.807, 2.05) is 6.92 Å². The Morgan fingerprint density at radius 3 is 2.63 bits per heavy atom. The molecule has 0 unspecified atom stereocenters. The lowest BCUT2D eigenvalue weighted by atomic mass is 9.66. The molecular weight excluding hydrogens is 519 g/mol. The fourth-order valence-electron chi connectivity index (χ4n) is 5.81. The number of carbonyl (C=O) groups excluding carboxylic acids is 4. The van der Waals surface area contributed by atoms with Crippen LogP contribution in [-0.2, 0) is 20.7 Å². The highest BCUT2D eigenvalue weighted by Gasteiger charge is 2.63. The molecule has 0 saturated carbocycles. The van der Waals surface area contributed by atoms with Crippen LogP contribution in [-0.4, -0.2) is 77.7 Å². The molecule has 5 amide bonds. The fourth-order valence-corrected chi connectivity index (χ4v) is 6.60. The number of halogens is 1. The Kier molecular flexibility index (Phi) is 5.33. The molecular formula is C24H23FN6O6S. The summed E-state index contributed by atoms with van der Waals surface area (Å²) in [5.41, 5.74) is -0.843. The van der Waals surface area contributed by atoms with Gasteiger partial charge in [-0.05, 0) is 25.5 Å². The van der Waals surface area contributed by atoms with Crippen LogP contribution in [0.3, 0.4) is 0 Å². The van der Waals surface area contributed by atoms with Crippen molar-refractivity contribution >= 4 is 51.7 Å². The number of morpholine rings is 1. The highest BCUT2D eigenvalue weighted by atomic mass is 32.1. The number of barbiturate groups is 1. The minimum absolute atomic E-state index is 0.108. The Morgan fingerprint density at radius 2 is 1.95 bits per heavy atom. The number of amides is 5. The second-order valence-corrected chi connectivity index (χ2v) is 10.8. The van der Waals surface area contributed by atoms with E-state index < -0.39 is 41.2 Å². The molecule has 198 valence electrons. The molecule has 2 fully saturated rings. The second kappa shape index (κ2) is 8.30. The van der Waals surface area contributed by atoms with Crippen molar-refractivity contribution in [2.75, 3.05) is 25.5 Å². The third-order valence-corrected chi connectivity index (χ3v) is 8.15. The molecule has 2 saturated heterocycles. The van der Waals surface area contributed by atoms with Crippen LogP contribution in [0.15, 0.2) is 16.0 Å². The third kappa shape index (κ3) is 3.29. The standard InChI is InChI=1S/C24H23FN6O6S/c1-9-7-31-16-11(6-24(18(31)10(2)36-9)21(33)27-23(35)28-22(24)34)5-12-15(29-37-17(12)14(16)25)19-26-13(8-38-19)20(32)30(3)4/h5,8-10,18H,6-7H2,1-4H3,(H2,27,28,33,34,35)/t9-,10+,18-/m1/s1. The molecule has 6 rings (SSSR count). The van der Waals surface area contributed by atoms with Gasteiger partial charge >= 0.3 is 6.03 Å². The second-order valence-electron chi connectivity index (χ2n) is 9.98. The highest BCUT2D eigenvalue weighted by molar-refractivity contribution is 7.13. The number of aromatic nitrogens is 2. The number of nitrogens with one attached hydrogen (secondary N) is 2. The zero-order valence-corrected chi connectivity index (χ0v) is 21.6. The predicted molar refractivity (Wildman–Crippen MR) is 132 cm³/mol. The zero-order chi connectivity index (χ0) is 27.1. The molecule has 1 aromatic carbocycles. The van der Waals surface area contributed by atoms with Gasteiger partial charge in [0.2, 0.25) is 17.4 Å². The lowest BCUT2D eigenvalue weighted by Crippen LogP contribution is -2.75. The van der Waals surface area contributed by atoms with Gasteiger partial charge in [0.05, 0.1) is 29.3 Å². The highest BCUT2D eigenvalue weighted by Crippen LogP contribution is 2.49. The minimum Gasteiger partial charge on any atom is -0.372 e. The van der Waals surface area contributed by atoms with E-state index in [0.717, 1.165) is 11.3 Å². The molecule has 0 bridgehead atoms. The monoisotopic (exact) mass is 542 g/mol. The number of nitrogens with zero attached hydrogens (tertiary/aromatic N) is 4. The van der Waals surface area contributed by atoms with Gasteiger partial charge < -0.3 is 19.1 Å². The average Bonchev–Trinajstić information content (AvgIpc) is 3.48. The van der Waals surface area contributed by atoms with E-state index in [-0.39, 0.29) is 53.0 Å². The number of rotatable bonds is 2. The van der Waals surface area contributed by atoms with Crippen LogP contribution < -0.4 is 15.5 Å². The Morgan fingerprint density at radius 1 is 1.24 bits per heavy atom. The maximum absolute atomic E-state index is 16.2. The first-order chi connectivity index (χ1) is 18.0. The predicted octanol–water partition coefficient (Wildman–Crippen LogP) is 1.68. The summed E-state index contributed by atoms with van der Waals surface area (Å²) in [5, 5.41) is 10.7. The summed E-state index contributed by atoms with van der Waals surface area (Å²) >= 11 is 1.16. The quantitative estimate of drug-likeness (QED) is 0.462. The van der Waals surface area contributed by atoms with E-state index in [1.54, 1.807) is 37.4 Å². The average molecular weight is 543 g/mol. The zero-order valence-electron chi connectivity index (χ0n) is 20.8. The minimum atomic E-state index is -1.75. The van der Waals surface area contributed by atoms with E-state index in [2.05, 4.69) is 20.8 Å². The van der Waals surface area contributed by atoms with Crippen LogP contribution in [0.25, 0.3) is 21.7 Å². The number of hydrogen-bond acceptors (Lipinski definition) is 10. The summed E-state index contributed by atoms with van der Waals surface area (Å²) in [6.07, 6.45) is -1.15. The van der Waals surface area contributed by atoms with Crippen LogP contribution in [0.5, 0.6) is 0 Å². The molecule has 1 spiro atoms. The van der Waals surface area contributed by atoms with Crippen molar-refractivity contribution in [3.05, 3.63) is 28.5 Å². The van der Waals surface area contributed by atoms with Crippen molar-refractivity contribution in [3.63, 3.8) is 0 Å². The number of fused-ring (bicyclic) bond motifs is 5. The summed E-state index contributed by atoms with van der Waals surface area (Å²) < 4.78 is 27.6. The maximum Gasteiger partial charge on any atom is 0.328 e. The first kappa shape index (κ1) is 24.4. The number of urea groups is 1. The number of imide groups is 2. The first-order valence-electron chi connectivity index (χ1n) is 11.9. The number of anilines is 1. The molecule has 5 heterocycles. The van der Waals surface area contributed by atoms with Gasteiger partial charge in [0.1, 0.15) is 10.7 Å². The van der Waals surface area contributed by atoms with E-state index in [1.165, 1.54) is 4.90 Å². The van der Waals surface area contributed by atoms with E-state index in [4.69, 9.17) is 9.26 Å². The molecule has 3 aliphatic heterocycles. The molecule has 2 aromatic heterocycles. The smallest absolute Gasteiger partial charge is 0.328 e. The molecule has 38 heavy (non-hydrogen) atoms. The summed E-state index contributed by atoms with van der Waals surface area (Å²) in [6, 6.07) is -0.156. The number of benzene rings is 1. The largest absolute Gasteiger partial charge is 0.372 e. The fraction of sp³-hybridized carbons (Fsp3) is 0.417. The van der Waals surface area contributed by atoms with Gasteiger partial charge in [-0.25, -0.2) is 14.2 Å². The summed E-state index contributed by atoms with van der Waals surface area (Å²) in [6.45, 7) is 3.73. The Bertz CT molecular complexity index is 1530. The number of carbonyl (C=O) groups is 4. The lowest BCUT2D eigenvalue weighted by molar-refractivity contribution is -0.153. The van der Waals surface area contributed by atoms with Crippen molar-refractivity contribution in [2.45, 2.75) is 38.5 Å². The van der Waals surface area contributed by atoms with Crippen molar-refractivity contribution < 1.29 is 32.8 Å². The number of ether oxygens (including phenoxy) is 1. The SMILES string of the molecule is C[C@@H]1CN2c3c(cc4c(-c5nc(C(=O)N(C)C)cs5)noc4c3F)CC3(C(=O)NC(=O)NC3=O)[C@H]2[C@H](C)O1. The summed E-state index contributed by atoms with van der Waals surface area (Å²) in [4.78, 5) is 58.4. The topological polar surface area (TPSA) is 147 Å². The van der Waals surface area contributed by atoms with Crippen LogP contribution in [0.4, 0.5) is 14.9 Å². The van der Waals surface area contributed by atoms with Crippen LogP contribution in [0.2, 0.25) is 0 Å². The van der Waals surface area contributed by atoms with Crippen molar-refractivity contribution in [2.24, 2.45) is 5.41 Å². The Hall–Kier alpha value is -3.91. The van der Waals surface area contributed by atoms with Gasteiger partial charge in [-0.15, -0.1) is 11.3 Å². The maximum atomic E-state index is 16.2. The molecule has 0 radical (unpaired) electrons. The molecule has 0 aliphatic carbocycles. The summed E-state index contributed by atoms with van der Waals surface area (Å²) in [7, 11) is 3.21. The van der Waals surface area contributed by atoms with Gasteiger partial charge in [-0.2, -0.15) is 0 Å². The molecule has 2 N–H and O–H groups in total. The normalized spacial score (nSPS) is 24.2. The molecule has 3 aliphatic rings. The number of hydrogen-bond donors (Lipinski definition) is 2. The van der Waals surface area contributed by atoms with Gasteiger partial charge in [0, 0.05) is 32.4 Å². The van der Waals surface area contributed by atoms with E-state index >= 15 is 4.39 Å². The Balaban J connectivity index is 1.54. The van der Waals surface area contributed by atoms with Crippen molar-refractivity contribution in [3.8, 4) is 10.7 Å². The Labute approximate surface area is 219 Å². The lowest BCUT2D eigenvalue weighted by Gasteiger charge is -2.55. The van der Waals surface area contributed by atoms with Gasteiger partial charge in [-0.1, -0.05) is 5.16 Å². The van der Waals surface area contributed by atoms with Crippen LogP contribution in [0, 0.1) is 11.2 Å². The third-order valence-electron chi connectivity index (χ3n) is 7.30. The van der Waals surface area contributed by atoms with Crippen molar-refractivity contribution in [1.29, 1.82) is 0 Å². The van der Waals surface area contributed by atoms with E-state index in [9.17, 15) is 19.2 Å². The van der Waals surface area contributed by atoms with Crippen LogP contribution >= 0.6 is 11.3 Å². The molecule has 3 aromatic rings. The van der Waals surface area contributed by atoms with Gasteiger partial charge in [-0.3, -0.25) is 25.0 Å². The van der Waals surface area contributed by atoms with Gasteiger partial charge in [0.25, 0.3) is 5.91 Å². The molecule has 3 atom stereocenters. The number of thiazole rings is 1. The molecule has 12 nitrogen and oxygen atoms in total. The first-order valence-corrected chi connectivity index (χ1v) is 12.8. The van der Waals surface area contributed by atoms with Crippen molar-refractivity contribution in [1.82, 2.24) is 25.7 Å². The van der Waals surface area contributed by atoms with Crippen LogP contribution in [0.1, 0.15) is 29.9 Å². The van der Waals surface area contributed by atoms with E-state index in [0.29, 0.717) is 10.6 Å². The van der Waals surface area contributed by atoms with Gasteiger partial charge in [0.15, 0.2) is 16.9 Å². The summed E-state index contributed by atoms with van der Waals surface area (Å²) in [5.74, 6) is -2.52.